The van der Waals surface area contributed by atoms with Crippen LogP contribution in [-0.2, 0) is 10.8 Å². The predicted molar refractivity (Wildman–Crippen MR) is 64.4 cm³/mol. The number of hydrogen-bond acceptors (Lipinski definition) is 2. The summed E-state index contributed by atoms with van der Waals surface area (Å²) in [6.07, 6.45) is 2.17. The van der Waals surface area contributed by atoms with Crippen LogP contribution in [0.1, 0.15) is 40.5 Å². The molecule has 0 aliphatic rings. The molecule has 0 bridgehead atoms. The van der Waals surface area contributed by atoms with Gasteiger partial charge in [-0.2, -0.15) is 0 Å². The molecule has 0 heterocycles. The van der Waals surface area contributed by atoms with E-state index in [0.717, 1.165) is 18.6 Å². The highest BCUT2D eigenvalue weighted by Crippen LogP contribution is 2.24. The van der Waals surface area contributed by atoms with Crippen LogP contribution in [0.2, 0.25) is 0 Å². The van der Waals surface area contributed by atoms with Crippen LogP contribution in [0.4, 0.5) is 0 Å². The first kappa shape index (κ1) is 13.2. The fourth-order valence-electron chi connectivity index (χ4n) is 0.649. The van der Waals surface area contributed by atoms with Gasteiger partial charge in [0.05, 0.1) is 0 Å². The SMILES string of the molecule is CCCCS(=O)/C=C/SC(C)(C)C. The molecule has 0 saturated heterocycles. The molecule has 0 fully saturated rings. The van der Waals surface area contributed by atoms with Crippen LogP contribution in [0, 0.1) is 0 Å². The van der Waals surface area contributed by atoms with E-state index in [-0.39, 0.29) is 4.75 Å². The molecule has 0 N–H and O–H groups in total. The minimum atomic E-state index is -0.756. The van der Waals surface area contributed by atoms with E-state index < -0.39 is 10.8 Å². The zero-order valence-corrected chi connectivity index (χ0v) is 10.6. The third-order valence-corrected chi connectivity index (χ3v) is 3.61. The lowest BCUT2D eigenvalue weighted by Gasteiger charge is -2.13. The summed E-state index contributed by atoms with van der Waals surface area (Å²) in [5.74, 6) is 0.803. The number of unbranched alkanes of at least 4 members (excludes halogenated alkanes) is 1. The van der Waals surface area contributed by atoms with Gasteiger partial charge in [-0.05, 0) is 11.8 Å². The molecule has 13 heavy (non-hydrogen) atoms. The number of hydrogen-bond donors (Lipinski definition) is 0. The molecule has 78 valence electrons. The van der Waals surface area contributed by atoms with Crippen LogP contribution in [0.15, 0.2) is 10.8 Å². The van der Waals surface area contributed by atoms with Crippen LogP contribution < -0.4 is 0 Å². The number of thioether (sulfide) groups is 1. The van der Waals surface area contributed by atoms with Gasteiger partial charge in [0.2, 0.25) is 0 Å². The van der Waals surface area contributed by atoms with Gasteiger partial charge < -0.3 is 0 Å². The minimum absolute atomic E-state index is 0.228. The van der Waals surface area contributed by atoms with Gasteiger partial charge in [-0.1, -0.05) is 34.1 Å². The summed E-state index contributed by atoms with van der Waals surface area (Å²) in [7, 11) is -0.756. The Morgan fingerprint density at radius 2 is 2.00 bits per heavy atom. The Kier molecular flexibility index (Phi) is 6.78. The largest absolute Gasteiger partial charge is 0.255 e. The summed E-state index contributed by atoms with van der Waals surface area (Å²) in [6.45, 7) is 8.57. The highest BCUT2D eigenvalue weighted by Gasteiger charge is 2.07. The average molecular weight is 220 g/mol. The lowest BCUT2D eigenvalue weighted by molar-refractivity contribution is 0.685. The summed E-state index contributed by atoms with van der Waals surface area (Å²) in [5, 5.41) is 3.78. The third kappa shape index (κ3) is 10.2. The van der Waals surface area contributed by atoms with Gasteiger partial charge in [0.1, 0.15) is 0 Å². The van der Waals surface area contributed by atoms with Gasteiger partial charge in [0.25, 0.3) is 0 Å². The molecule has 0 radical (unpaired) electrons. The smallest absolute Gasteiger partial charge is 0.0461 e. The second-order valence-electron chi connectivity index (χ2n) is 3.94. The van der Waals surface area contributed by atoms with Crippen molar-refractivity contribution in [2.45, 2.75) is 45.3 Å². The van der Waals surface area contributed by atoms with Crippen molar-refractivity contribution in [1.29, 1.82) is 0 Å². The average Bonchev–Trinajstić information content (AvgIpc) is 1.98. The Hall–Kier alpha value is 0.240. The van der Waals surface area contributed by atoms with E-state index in [2.05, 4.69) is 27.7 Å². The standard InChI is InChI=1S/C10H20OS2/c1-5-6-8-13(11)9-7-12-10(2,3)4/h7,9H,5-6,8H2,1-4H3/b9-7+. The van der Waals surface area contributed by atoms with E-state index in [1.165, 1.54) is 0 Å². The molecule has 1 atom stereocenters. The summed E-state index contributed by atoms with van der Waals surface area (Å²) in [5.41, 5.74) is 0. The number of rotatable bonds is 5. The molecule has 0 spiro atoms. The molecule has 3 heteroatoms. The van der Waals surface area contributed by atoms with E-state index in [0.29, 0.717) is 0 Å². The predicted octanol–water partition coefficient (Wildman–Crippen LogP) is 3.54. The summed E-state index contributed by atoms with van der Waals surface area (Å²) in [6, 6.07) is 0. The molecule has 0 aliphatic heterocycles. The lowest BCUT2D eigenvalue weighted by Crippen LogP contribution is -2.04. The Morgan fingerprint density at radius 1 is 1.38 bits per heavy atom. The van der Waals surface area contributed by atoms with E-state index in [9.17, 15) is 4.21 Å². The summed E-state index contributed by atoms with van der Waals surface area (Å²) >= 11 is 1.72. The molecule has 0 amide bonds. The molecular weight excluding hydrogens is 200 g/mol. The van der Waals surface area contributed by atoms with Crippen molar-refractivity contribution < 1.29 is 4.21 Å². The Bertz CT molecular complexity index is 180. The molecule has 0 rings (SSSR count). The van der Waals surface area contributed by atoms with Crippen molar-refractivity contribution in [3.63, 3.8) is 0 Å². The zero-order valence-electron chi connectivity index (χ0n) is 9.00. The molecule has 0 aliphatic carbocycles. The Balaban J connectivity index is 3.66. The second kappa shape index (κ2) is 6.66. The molecule has 1 unspecified atom stereocenters. The monoisotopic (exact) mass is 220 g/mol. The highest BCUT2D eigenvalue weighted by atomic mass is 32.2. The van der Waals surface area contributed by atoms with Gasteiger partial charge >= 0.3 is 0 Å². The molecular formula is C10H20OS2. The zero-order chi connectivity index (χ0) is 10.3. The fraction of sp³-hybridized carbons (Fsp3) is 0.800. The summed E-state index contributed by atoms with van der Waals surface area (Å²) < 4.78 is 11.5. The maximum Gasteiger partial charge on any atom is 0.0461 e. The van der Waals surface area contributed by atoms with Gasteiger partial charge in [-0.15, -0.1) is 11.8 Å². The van der Waals surface area contributed by atoms with Crippen molar-refractivity contribution >= 4 is 22.6 Å². The van der Waals surface area contributed by atoms with E-state index in [1.807, 2.05) is 10.8 Å². The first-order valence-corrected chi connectivity index (χ1v) is 6.93. The maximum absolute atomic E-state index is 11.3. The van der Waals surface area contributed by atoms with Crippen molar-refractivity contribution in [2.24, 2.45) is 0 Å². The van der Waals surface area contributed by atoms with Gasteiger partial charge in [-0.3, -0.25) is 4.21 Å². The van der Waals surface area contributed by atoms with Gasteiger partial charge in [-0.25, -0.2) is 0 Å². The van der Waals surface area contributed by atoms with Crippen LogP contribution >= 0.6 is 11.8 Å². The minimum Gasteiger partial charge on any atom is -0.255 e. The first-order valence-electron chi connectivity index (χ1n) is 4.67. The molecule has 0 aromatic carbocycles. The maximum atomic E-state index is 11.3. The third-order valence-electron chi connectivity index (χ3n) is 1.33. The van der Waals surface area contributed by atoms with Crippen molar-refractivity contribution in [1.82, 2.24) is 0 Å². The van der Waals surface area contributed by atoms with Crippen LogP contribution in [0.25, 0.3) is 0 Å². The quantitative estimate of drug-likeness (QED) is 0.705. The molecule has 1 nitrogen and oxygen atoms in total. The summed E-state index contributed by atoms with van der Waals surface area (Å²) in [4.78, 5) is 0. The van der Waals surface area contributed by atoms with Gasteiger partial charge in [0.15, 0.2) is 0 Å². The Morgan fingerprint density at radius 3 is 2.46 bits per heavy atom. The van der Waals surface area contributed by atoms with Gasteiger partial charge in [0, 0.05) is 26.7 Å². The van der Waals surface area contributed by atoms with Crippen LogP contribution in [0.3, 0.4) is 0 Å². The Labute approximate surface area is 88.8 Å². The van der Waals surface area contributed by atoms with E-state index in [1.54, 1.807) is 11.8 Å². The second-order valence-corrected chi connectivity index (χ2v) is 7.12. The first-order chi connectivity index (χ1) is 5.95. The molecule has 0 aromatic rings. The van der Waals surface area contributed by atoms with Crippen LogP contribution in [-0.4, -0.2) is 14.7 Å². The van der Waals surface area contributed by atoms with Crippen LogP contribution in [0.5, 0.6) is 0 Å². The topological polar surface area (TPSA) is 17.1 Å². The van der Waals surface area contributed by atoms with Crippen molar-refractivity contribution in [2.75, 3.05) is 5.75 Å². The fourth-order valence-corrected chi connectivity index (χ4v) is 2.48. The molecule has 0 aromatic heterocycles. The normalized spacial score (nSPS) is 15.1. The molecule has 0 saturated carbocycles. The van der Waals surface area contributed by atoms with Crippen molar-refractivity contribution in [3.8, 4) is 0 Å². The lowest BCUT2D eigenvalue weighted by atomic mass is 10.3. The van der Waals surface area contributed by atoms with E-state index in [4.69, 9.17) is 0 Å². The van der Waals surface area contributed by atoms with Crippen molar-refractivity contribution in [3.05, 3.63) is 10.8 Å². The van der Waals surface area contributed by atoms with E-state index >= 15 is 0 Å². The highest BCUT2D eigenvalue weighted by molar-refractivity contribution is 8.04.